The van der Waals surface area contributed by atoms with Gasteiger partial charge in [-0.2, -0.15) is 0 Å². The molecule has 2 aliphatic rings. The summed E-state index contributed by atoms with van der Waals surface area (Å²) in [5.74, 6) is -2.85. The Balaban J connectivity index is 1.81. The Hall–Kier alpha value is -3.80. The molecule has 3 atom stereocenters. The maximum absolute atomic E-state index is 14.1. The van der Waals surface area contributed by atoms with Gasteiger partial charge < -0.3 is 29.1 Å². The third-order valence-corrected chi connectivity index (χ3v) is 7.19. The summed E-state index contributed by atoms with van der Waals surface area (Å²) in [7, 11) is 1.44. The number of rotatable bonds is 7. The van der Waals surface area contributed by atoms with Gasteiger partial charge in [0.25, 0.3) is 5.91 Å². The predicted molar refractivity (Wildman–Crippen MR) is 146 cm³/mol. The molecule has 42 heavy (non-hydrogen) atoms. The van der Waals surface area contributed by atoms with E-state index in [2.05, 4.69) is 4.74 Å². The summed E-state index contributed by atoms with van der Waals surface area (Å²) in [6.45, 7) is 6.34. The molecule has 2 aromatic carbocycles. The lowest BCUT2D eigenvalue weighted by Gasteiger charge is -2.33. The Bertz CT molecular complexity index is 1320. The number of piperidine rings is 1. The van der Waals surface area contributed by atoms with E-state index in [0.29, 0.717) is 36.4 Å². The van der Waals surface area contributed by atoms with Crippen molar-refractivity contribution >= 4 is 23.5 Å². The number of ether oxygens (including phenoxy) is 3. The van der Waals surface area contributed by atoms with E-state index in [1.54, 1.807) is 18.2 Å². The van der Waals surface area contributed by atoms with Gasteiger partial charge in [-0.05, 0) is 42.5 Å². The van der Waals surface area contributed by atoms with E-state index in [0.717, 1.165) is 6.07 Å². The first-order valence-electron chi connectivity index (χ1n) is 13.7. The number of carbonyl (C=O) groups is 3. The topological polar surface area (TPSA) is 106 Å². The second-order valence-corrected chi connectivity index (χ2v) is 11.7. The summed E-state index contributed by atoms with van der Waals surface area (Å²) >= 11 is 0. The number of amides is 2. The highest BCUT2D eigenvalue weighted by atomic mass is 19.4. The van der Waals surface area contributed by atoms with Crippen LogP contribution in [0.2, 0.25) is 0 Å². The number of anilines is 1. The number of nitrogens with zero attached hydrogens (tertiary/aromatic N) is 2. The van der Waals surface area contributed by atoms with Crippen molar-refractivity contribution in [3.8, 4) is 11.5 Å². The molecule has 9 nitrogen and oxygen atoms in total. The molecule has 1 saturated heterocycles. The van der Waals surface area contributed by atoms with Crippen molar-refractivity contribution in [1.29, 1.82) is 0 Å². The third-order valence-electron chi connectivity index (χ3n) is 7.19. The molecule has 3 unspecified atom stereocenters. The number of carboxylic acid groups (broad SMARTS) is 1. The SMILES string of the molecule is COc1ccc2c(c1)C(c1ccccc1OC(F)(F)F)OC(CC(=O)N1CCCC(C(=O)O)C1)C(=O)N2CC(C)(C)C. The summed E-state index contributed by atoms with van der Waals surface area (Å²) in [5.41, 5.74) is 0.377. The minimum absolute atomic E-state index is 0.00386. The Labute approximate surface area is 242 Å². The lowest BCUT2D eigenvalue weighted by molar-refractivity contribution is -0.275. The van der Waals surface area contributed by atoms with Crippen LogP contribution in [0.1, 0.15) is 57.3 Å². The molecule has 0 saturated carbocycles. The molecule has 12 heteroatoms. The first-order chi connectivity index (χ1) is 19.7. The average Bonchev–Trinajstić information content (AvgIpc) is 3.02. The maximum atomic E-state index is 14.1. The van der Waals surface area contributed by atoms with Gasteiger partial charge in [0.15, 0.2) is 0 Å². The lowest BCUT2D eigenvalue weighted by atomic mass is 9.94. The molecular weight excluding hydrogens is 557 g/mol. The molecule has 0 spiro atoms. The number of methoxy groups -OCH3 is 1. The van der Waals surface area contributed by atoms with Crippen molar-refractivity contribution in [1.82, 2.24) is 4.90 Å². The molecule has 0 bridgehead atoms. The highest BCUT2D eigenvalue weighted by molar-refractivity contribution is 6.00. The molecule has 1 N–H and O–H groups in total. The van der Waals surface area contributed by atoms with Crippen molar-refractivity contribution in [2.75, 3.05) is 31.6 Å². The molecule has 0 aromatic heterocycles. The number of para-hydroxylation sites is 1. The van der Waals surface area contributed by atoms with E-state index in [1.165, 1.54) is 35.1 Å². The molecular formula is C30H35F3N2O7. The Morgan fingerprint density at radius 2 is 1.81 bits per heavy atom. The normalized spacial score (nSPS) is 21.4. The number of carboxylic acids is 1. The van der Waals surface area contributed by atoms with Gasteiger partial charge in [-0.1, -0.05) is 39.0 Å². The van der Waals surface area contributed by atoms with Crippen molar-refractivity contribution in [3.05, 3.63) is 53.6 Å². The minimum atomic E-state index is -4.99. The second-order valence-electron chi connectivity index (χ2n) is 11.7. The molecule has 4 rings (SSSR count). The predicted octanol–water partition coefficient (Wildman–Crippen LogP) is 5.17. The van der Waals surface area contributed by atoms with Crippen LogP contribution in [0.5, 0.6) is 11.5 Å². The van der Waals surface area contributed by atoms with Gasteiger partial charge in [0.1, 0.15) is 23.7 Å². The number of carbonyl (C=O) groups excluding carboxylic acids is 2. The number of aliphatic carboxylic acids is 1. The van der Waals surface area contributed by atoms with Crippen LogP contribution in [0.3, 0.4) is 0 Å². The van der Waals surface area contributed by atoms with Crippen molar-refractivity contribution in [3.63, 3.8) is 0 Å². The van der Waals surface area contributed by atoms with E-state index in [1.807, 2.05) is 20.8 Å². The maximum Gasteiger partial charge on any atom is 0.573 e. The van der Waals surface area contributed by atoms with Crippen molar-refractivity contribution in [2.45, 2.75) is 58.6 Å². The van der Waals surface area contributed by atoms with Crippen LogP contribution in [0.15, 0.2) is 42.5 Å². The fourth-order valence-electron chi connectivity index (χ4n) is 5.33. The van der Waals surface area contributed by atoms with E-state index in [-0.39, 0.29) is 18.7 Å². The largest absolute Gasteiger partial charge is 0.573 e. The average molecular weight is 593 g/mol. The van der Waals surface area contributed by atoms with Gasteiger partial charge in [0.05, 0.1) is 25.1 Å². The van der Waals surface area contributed by atoms with Crippen LogP contribution >= 0.6 is 0 Å². The molecule has 1 fully saturated rings. The zero-order valence-corrected chi connectivity index (χ0v) is 23.9. The summed E-state index contributed by atoms with van der Waals surface area (Å²) in [4.78, 5) is 42.0. The highest BCUT2D eigenvalue weighted by Crippen LogP contribution is 2.44. The molecule has 2 amide bonds. The van der Waals surface area contributed by atoms with Gasteiger partial charge in [-0.15, -0.1) is 13.2 Å². The first-order valence-corrected chi connectivity index (χ1v) is 13.7. The third kappa shape index (κ3) is 7.33. The number of likely N-dealkylation sites (tertiary alicyclic amines) is 1. The number of fused-ring (bicyclic) bond motifs is 1. The van der Waals surface area contributed by atoms with E-state index in [4.69, 9.17) is 9.47 Å². The first kappa shape index (κ1) is 31.1. The molecule has 2 aromatic rings. The molecule has 0 aliphatic carbocycles. The van der Waals surface area contributed by atoms with E-state index >= 15 is 0 Å². The fourth-order valence-corrected chi connectivity index (χ4v) is 5.33. The Kier molecular flexibility index (Phi) is 9.05. The second kappa shape index (κ2) is 12.2. The molecule has 0 radical (unpaired) electrons. The zero-order chi connectivity index (χ0) is 30.8. The zero-order valence-electron chi connectivity index (χ0n) is 23.9. The quantitative estimate of drug-likeness (QED) is 0.473. The summed E-state index contributed by atoms with van der Waals surface area (Å²) in [5, 5.41) is 9.47. The van der Waals surface area contributed by atoms with E-state index in [9.17, 15) is 32.7 Å². The minimum Gasteiger partial charge on any atom is -0.497 e. The van der Waals surface area contributed by atoms with E-state index < -0.39 is 59.9 Å². The van der Waals surface area contributed by atoms with Crippen LogP contribution < -0.4 is 14.4 Å². The van der Waals surface area contributed by atoms with Gasteiger partial charge >= 0.3 is 12.3 Å². The van der Waals surface area contributed by atoms with Crippen LogP contribution in [-0.4, -0.2) is 67.0 Å². The van der Waals surface area contributed by atoms with Crippen LogP contribution in [-0.2, 0) is 19.1 Å². The summed E-state index contributed by atoms with van der Waals surface area (Å²) in [6.07, 6.45) is -7.10. The molecule has 2 aliphatic heterocycles. The highest BCUT2D eigenvalue weighted by Gasteiger charge is 2.42. The lowest BCUT2D eigenvalue weighted by Crippen LogP contribution is -2.47. The fraction of sp³-hybridized carbons (Fsp3) is 0.500. The van der Waals surface area contributed by atoms with Gasteiger partial charge in [-0.3, -0.25) is 14.4 Å². The number of benzene rings is 2. The van der Waals surface area contributed by atoms with Crippen LogP contribution in [0.4, 0.5) is 18.9 Å². The molecule has 2 heterocycles. The standard InChI is InChI=1S/C30H35F3N2O7/c1-29(2,3)17-35-22-12-11-19(40-4)14-21(22)26(20-9-5-6-10-23(20)42-30(31,32)33)41-24(27(35)37)15-25(36)34-13-7-8-18(16-34)28(38)39/h5-6,9-12,14,18,24,26H,7-8,13,15-17H2,1-4H3,(H,38,39). The van der Waals surface area contributed by atoms with Crippen molar-refractivity contribution < 1.29 is 46.9 Å². The Morgan fingerprint density at radius 3 is 2.45 bits per heavy atom. The number of hydrogen-bond donors (Lipinski definition) is 1. The summed E-state index contributed by atoms with van der Waals surface area (Å²) in [6, 6.07) is 10.4. The Morgan fingerprint density at radius 1 is 1.10 bits per heavy atom. The van der Waals surface area contributed by atoms with Gasteiger partial charge in [-0.25, -0.2) is 0 Å². The van der Waals surface area contributed by atoms with Crippen LogP contribution in [0, 0.1) is 11.3 Å². The van der Waals surface area contributed by atoms with Gasteiger partial charge in [0, 0.05) is 30.8 Å². The van der Waals surface area contributed by atoms with Crippen molar-refractivity contribution in [2.24, 2.45) is 11.3 Å². The number of halogens is 3. The molecule has 228 valence electrons. The van der Waals surface area contributed by atoms with Crippen LogP contribution in [0.25, 0.3) is 0 Å². The number of alkyl halides is 3. The monoisotopic (exact) mass is 592 g/mol. The smallest absolute Gasteiger partial charge is 0.497 e. The summed E-state index contributed by atoms with van der Waals surface area (Å²) < 4.78 is 56.2. The van der Waals surface area contributed by atoms with Gasteiger partial charge in [0.2, 0.25) is 5.91 Å². The number of hydrogen-bond acceptors (Lipinski definition) is 6.